The van der Waals surface area contributed by atoms with E-state index in [0.29, 0.717) is 23.3 Å². The quantitative estimate of drug-likeness (QED) is 0.424. The Kier molecular flexibility index (Phi) is 5.46. The van der Waals surface area contributed by atoms with Crippen LogP contribution in [0.5, 0.6) is 0 Å². The Balaban J connectivity index is 1.33. The highest BCUT2D eigenvalue weighted by molar-refractivity contribution is 5.89. The molecular weight excluding hydrogens is 400 g/mol. The summed E-state index contributed by atoms with van der Waals surface area (Å²) in [5.41, 5.74) is 2.46. The molecule has 0 unspecified atom stereocenters. The van der Waals surface area contributed by atoms with E-state index in [2.05, 4.69) is 19.9 Å². The van der Waals surface area contributed by atoms with Crippen LogP contribution in [0.25, 0.3) is 0 Å². The summed E-state index contributed by atoms with van der Waals surface area (Å²) in [6, 6.07) is 9.40. The van der Waals surface area contributed by atoms with Gasteiger partial charge in [0, 0.05) is 18.8 Å². The van der Waals surface area contributed by atoms with Crippen molar-refractivity contribution in [2.45, 2.75) is 84.3 Å². The number of carbonyl (C=O) groups is 2. The van der Waals surface area contributed by atoms with Crippen molar-refractivity contribution in [1.82, 2.24) is 0 Å². The molecule has 0 aliphatic heterocycles. The van der Waals surface area contributed by atoms with E-state index in [4.69, 9.17) is 9.47 Å². The Morgan fingerprint density at radius 2 is 1.72 bits per heavy atom. The minimum absolute atomic E-state index is 0.0130. The molecule has 1 aromatic rings. The van der Waals surface area contributed by atoms with E-state index in [1.165, 1.54) is 18.9 Å². The van der Waals surface area contributed by atoms with Crippen LogP contribution in [0.4, 0.5) is 0 Å². The molecule has 7 atom stereocenters. The Morgan fingerprint density at radius 3 is 2.47 bits per heavy atom. The first-order valence-corrected chi connectivity index (χ1v) is 12.4. The van der Waals surface area contributed by atoms with E-state index in [-0.39, 0.29) is 35.0 Å². The SMILES string of the molecule is CC(=O)O[C@@H]1CC[C@@]2(C)C(=CC[C@H]3[C@@H]4CC[C@H](OC(=O)c5ccccc5)[C@@]4(C)CC[C@@H]32)C1. The third-order valence-corrected chi connectivity index (χ3v) is 9.56. The highest BCUT2D eigenvalue weighted by Gasteiger charge is 2.59. The third-order valence-electron chi connectivity index (χ3n) is 9.56. The minimum Gasteiger partial charge on any atom is -0.462 e. The number of hydrogen-bond acceptors (Lipinski definition) is 4. The fourth-order valence-electron chi connectivity index (χ4n) is 7.88. The van der Waals surface area contributed by atoms with Crippen molar-refractivity contribution >= 4 is 11.9 Å². The molecule has 0 radical (unpaired) electrons. The van der Waals surface area contributed by atoms with E-state index < -0.39 is 0 Å². The molecule has 0 aromatic heterocycles. The fraction of sp³-hybridized carbons (Fsp3) is 0.643. The largest absolute Gasteiger partial charge is 0.462 e. The van der Waals surface area contributed by atoms with Gasteiger partial charge < -0.3 is 9.47 Å². The number of allylic oxidation sites excluding steroid dienone is 1. The number of fused-ring (bicyclic) bond motifs is 5. The molecule has 3 fully saturated rings. The zero-order valence-corrected chi connectivity index (χ0v) is 19.6. The van der Waals surface area contributed by atoms with Gasteiger partial charge in [-0.3, -0.25) is 4.79 Å². The van der Waals surface area contributed by atoms with Gasteiger partial charge in [0.15, 0.2) is 0 Å². The average Bonchev–Trinajstić information content (AvgIpc) is 3.10. The van der Waals surface area contributed by atoms with Gasteiger partial charge in [-0.2, -0.15) is 0 Å². The van der Waals surface area contributed by atoms with E-state index in [0.717, 1.165) is 44.9 Å². The highest BCUT2D eigenvalue weighted by atomic mass is 16.5. The molecule has 5 rings (SSSR count). The van der Waals surface area contributed by atoms with Gasteiger partial charge >= 0.3 is 11.9 Å². The fourth-order valence-corrected chi connectivity index (χ4v) is 7.88. The van der Waals surface area contributed by atoms with Crippen molar-refractivity contribution in [3.63, 3.8) is 0 Å². The second-order valence-corrected chi connectivity index (χ2v) is 11.1. The van der Waals surface area contributed by atoms with E-state index in [1.807, 2.05) is 30.3 Å². The van der Waals surface area contributed by atoms with Crippen LogP contribution < -0.4 is 0 Å². The summed E-state index contributed by atoms with van der Waals surface area (Å²) in [5.74, 6) is 1.61. The predicted molar refractivity (Wildman–Crippen MR) is 123 cm³/mol. The van der Waals surface area contributed by atoms with Crippen LogP contribution in [-0.4, -0.2) is 24.1 Å². The molecule has 3 saturated carbocycles. The number of esters is 2. The van der Waals surface area contributed by atoms with Crippen molar-refractivity contribution in [3.8, 4) is 0 Å². The summed E-state index contributed by atoms with van der Waals surface area (Å²) in [5, 5.41) is 0. The molecule has 4 nitrogen and oxygen atoms in total. The molecule has 0 N–H and O–H groups in total. The second kappa shape index (κ2) is 8.04. The topological polar surface area (TPSA) is 52.6 Å². The van der Waals surface area contributed by atoms with E-state index in [1.54, 1.807) is 0 Å². The molecule has 0 saturated heterocycles. The van der Waals surface area contributed by atoms with Gasteiger partial charge in [0.2, 0.25) is 0 Å². The maximum atomic E-state index is 12.8. The normalized spacial score (nSPS) is 40.3. The number of carbonyl (C=O) groups excluding carboxylic acids is 2. The Bertz CT molecular complexity index is 921. The van der Waals surface area contributed by atoms with Crippen LogP contribution in [0.1, 0.15) is 82.5 Å². The first-order valence-electron chi connectivity index (χ1n) is 12.4. The van der Waals surface area contributed by atoms with Gasteiger partial charge in [-0.05, 0) is 80.2 Å². The van der Waals surface area contributed by atoms with Crippen molar-refractivity contribution in [1.29, 1.82) is 0 Å². The molecule has 4 heteroatoms. The molecule has 0 bridgehead atoms. The lowest BCUT2D eigenvalue weighted by Crippen LogP contribution is -2.51. The van der Waals surface area contributed by atoms with Crippen LogP contribution >= 0.6 is 0 Å². The smallest absolute Gasteiger partial charge is 0.338 e. The predicted octanol–water partition coefficient (Wildman–Crippen LogP) is 6.11. The summed E-state index contributed by atoms with van der Waals surface area (Å²) in [7, 11) is 0. The summed E-state index contributed by atoms with van der Waals surface area (Å²) >= 11 is 0. The average molecular weight is 437 g/mol. The molecule has 0 heterocycles. The Morgan fingerprint density at radius 1 is 0.938 bits per heavy atom. The van der Waals surface area contributed by atoms with Gasteiger partial charge in [0.1, 0.15) is 12.2 Å². The monoisotopic (exact) mass is 436 g/mol. The summed E-state index contributed by atoms with van der Waals surface area (Å²) in [6.07, 6.45) is 11.1. The second-order valence-electron chi connectivity index (χ2n) is 11.1. The van der Waals surface area contributed by atoms with Crippen LogP contribution in [0.2, 0.25) is 0 Å². The van der Waals surface area contributed by atoms with Crippen molar-refractivity contribution in [3.05, 3.63) is 47.5 Å². The van der Waals surface area contributed by atoms with Crippen molar-refractivity contribution in [2.75, 3.05) is 0 Å². The van der Waals surface area contributed by atoms with Gasteiger partial charge in [0.05, 0.1) is 5.56 Å². The zero-order valence-electron chi connectivity index (χ0n) is 19.6. The van der Waals surface area contributed by atoms with Crippen molar-refractivity contribution in [2.24, 2.45) is 28.6 Å². The summed E-state index contributed by atoms with van der Waals surface area (Å²) in [4.78, 5) is 24.2. The molecule has 172 valence electrons. The summed E-state index contributed by atoms with van der Waals surface area (Å²) < 4.78 is 11.7. The lowest BCUT2D eigenvalue weighted by atomic mass is 9.48. The van der Waals surface area contributed by atoms with Crippen LogP contribution in [0.15, 0.2) is 42.0 Å². The van der Waals surface area contributed by atoms with Gasteiger partial charge in [0.25, 0.3) is 0 Å². The molecule has 4 aliphatic rings. The van der Waals surface area contributed by atoms with Gasteiger partial charge in [-0.15, -0.1) is 0 Å². The number of ether oxygens (including phenoxy) is 2. The number of rotatable bonds is 3. The molecule has 32 heavy (non-hydrogen) atoms. The molecule has 0 spiro atoms. The maximum Gasteiger partial charge on any atom is 0.338 e. The first kappa shape index (κ1) is 21.7. The molecule has 4 aliphatic carbocycles. The number of benzene rings is 1. The zero-order chi connectivity index (χ0) is 22.5. The summed E-state index contributed by atoms with van der Waals surface area (Å²) in [6.45, 7) is 6.36. The van der Waals surface area contributed by atoms with Crippen molar-refractivity contribution < 1.29 is 19.1 Å². The Labute approximate surface area is 191 Å². The highest BCUT2D eigenvalue weighted by Crippen LogP contribution is 2.65. The van der Waals surface area contributed by atoms with E-state index in [9.17, 15) is 9.59 Å². The third kappa shape index (κ3) is 3.50. The first-order chi connectivity index (χ1) is 15.3. The lowest BCUT2D eigenvalue weighted by Gasteiger charge is -2.57. The van der Waals surface area contributed by atoms with Gasteiger partial charge in [-0.1, -0.05) is 43.7 Å². The van der Waals surface area contributed by atoms with Gasteiger partial charge in [-0.25, -0.2) is 4.79 Å². The Hall–Kier alpha value is -2.10. The van der Waals surface area contributed by atoms with Crippen LogP contribution in [0, 0.1) is 28.6 Å². The minimum atomic E-state index is -0.179. The maximum absolute atomic E-state index is 12.8. The number of hydrogen-bond donors (Lipinski definition) is 0. The lowest BCUT2D eigenvalue weighted by molar-refractivity contribution is -0.148. The van der Waals surface area contributed by atoms with Crippen LogP contribution in [-0.2, 0) is 14.3 Å². The van der Waals surface area contributed by atoms with E-state index >= 15 is 0 Å². The molecule has 1 aromatic carbocycles. The molecular formula is C28H36O4. The standard InChI is InChI=1S/C28H36O4/c1-18(29)31-21-13-15-27(2)20(17-21)9-10-22-23-11-12-25(28(23,3)16-14-24(22)27)32-26(30)19-7-5-4-6-8-19/h4-9,21-25H,10-17H2,1-3H3/t21-,22+,23+,24+,25+,27+,28+/m1/s1. The molecule has 0 amide bonds. The van der Waals surface area contributed by atoms with Crippen LogP contribution in [0.3, 0.4) is 0 Å².